The molecule has 2 amide bonds. The summed E-state index contributed by atoms with van der Waals surface area (Å²) < 4.78 is 5.86. The molecule has 1 atom stereocenters. The predicted octanol–water partition coefficient (Wildman–Crippen LogP) is 3.38. The number of amides is 2. The van der Waals surface area contributed by atoms with E-state index in [1.807, 2.05) is 37.1 Å². The van der Waals surface area contributed by atoms with Crippen LogP contribution in [-0.4, -0.2) is 59.9 Å². The molecule has 7 nitrogen and oxygen atoms in total. The van der Waals surface area contributed by atoms with E-state index in [9.17, 15) is 9.59 Å². The third-order valence-corrected chi connectivity index (χ3v) is 6.48. The zero-order valence-electron chi connectivity index (χ0n) is 17.4. The molecule has 1 unspecified atom stereocenters. The molecule has 0 bridgehead atoms. The van der Waals surface area contributed by atoms with Gasteiger partial charge in [-0.15, -0.1) is 0 Å². The molecule has 0 N–H and O–H groups in total. The molecular formula is C23H26N4O3. The highest BCUT2D eigenvalue weighted by Gasteiger charge is 2.32. The molecule has 2 aromatic rings. The largest absolute Gasteiger partial charge is 0.488 e. The number of nitrogens with zero attached hydrogens (tertiary/aromatic N) is 4. The number of carbonyl (C=O) groups excluding carboxylic acids is 2. The number of piperidine rings is 1. The van der Waals surface area contributed by atoms with Gasteiger partial charge in [-0.25, -0.2) is 4.98 Å². The molecule has 5 rings (SSSR count). The van der Waals surface area contributed by atoms with Crippen LogP contribution in [0.25, 0.3) is 0 Å². The van der Waals surface area contributed by atoms with Crippen LogP contribution in [0, 0.1) is 0 Å². The van der Waals surface area contributed by atoms with Crippen molar-refractivity contribution in [1.29, 1.82) is 0 Å². The summed E-state index contributed by atoms with van der Waals surface area (Å²) >= 11 is 0. The summed E-state index contributed by atoms with van der Waals surface area (Å²) in [4.78, 5) is 35.6. The van der Waals surface area contributed by atoms with Crippen molar-refractivity contribution >= 4 is 23.3 Å². The summed E-state index contributed by atoms with van der Waals surface area (Å²) in [7, 11) is 1.83. The zero-order valence-corrected chi connectivity index (χ0v) is 17.4. The summed E-state index contributed by atoms with van der Waals surface area (Å²) in [6, 6.07) is 7.80. The van der Waals surface area contributed by atoms with Crippen LogP contribution >= 0.6 is 0 Å². The second kappa shape index (κ2) is 7.31. The van der Waals surface area contributed by atoms with Gasteiger partial charge in [0.2, 0.25) is 0 Å². The topological polar surface area (TPSA) is 66.0 Å². The lowest BCUT2D eigenvalue weighted by molar-refractivity contribution is 0.0722. The standard InChI is InChI=1S/C23H26N4O3/c1-15-19-13-17(6-7-18(19)23(29)25(15)2)27-10-11-30-20-12-16(14-24-21(20)27)22(28)26-8-4-3-5-9-26/h6-7,12-15H,3-5,8-11H2,1-2H3. The van der Waals surface area contributed by atoms with E-state index in [0.717, 1.165) is 42.7 Å². The smallest absolute Gasteiger partial charge is 0.255 e. The number of benzene rings is 1. The van der Waals surface area contributed by atoms with E-state index in [1.165, 1.54) is 6.42 Å². The van der Waals surface area contributed by atoms with Crippen molar-refractivity contribution in [2.24, 2.45) is 0 Å². The average Bonchev–Trinajstić information content (AvgIpc) is 3.02. The Bertz CT molecular complexity index is 1020. The second-order valence-corrected chi connectivity index (χ2v) is 8.26. The van der Waals surface area contributed by atoms with Gasteiger partial charge in [0.1, 0.15) is 6.61 Å². The van der Waals surface area contributed by atoms with Gasteiger partial charge >= 0.3 is 0 Å². The fraction of sp³-hybridized carbons (Fsp3) is 0.435. The Balaban J connectivity index is 1.45. The molecule has 1 aromatic carbocycles. The average molecular weight is 406 g/mol. The highest BCUT2D eigenvalue weighted by molar-refractivity contribution is 5.99. The number of ether oxygens (including phenoxy) is 1. The lowest BCUT2D eigenvalue weighted by atomic mass is 10.0. The van der Waals surface area contributed by atoms with Gasteiger partial charge in [-0.2, -0.15) is 0 Å². The van der Waals surface area contributed by atoms with E-state index in [1.54, 1.807) is 11.1 Å². The summed E-state index contributed by atoms with van der Waals surface area (Å²) in [6.45, 7) is 4.84. The third kappa shape index (κ3) is 3.00. The fourth-order valence-corrected chi connectivity index (χ4v) is 4.58. The molecule has 0 saturated carbocycles. The number of fused-ring (bicyclic) bond motifs is 2. The monoisotopic (exact) mass is 406 g/mol. The van der Waals surface area contributed by atoms with E-state index in [0.29, 0.717) is 30.3 Å². The van der Waals surface area contributed by atoms with Crippen molar-refractivity contribution in [1.82, 2.24) is 14.8 Å². The summed E-state index contributed by atoms with van der Waals surface area (Å²) in [6.07, 6.45) is 4.96. The van der Waals surface area contributed by atoms with Crippen LogP contribution < -0.4 is 9.64 Å². The van der Waals surface area contributed by atoms with Gasteiger partial charge < -0.3 is 19.4 Å². The van der Waals surface area contributed by atoms with Crippen LogP contribution in [0.3, 0.4) is 0 Å². The molecule has 4 heterocycles. The Morgan fingerprint density at radius 3 is 2.73 bits per heavy atom. The van der Waals surface area contributed by atoms with Gasteiger partial charge in [0.25, 0.3) is 11.8 Å². The lowest BCUT2D eigenvalue weighted by Crippen LogP contribution is -2.36. The number of anilines is 2. The van der Waals surface area contributed by atoms with E-state index < -0.39 is 0 Å². The molecule has 7 heteroatoms. The molecule has 1 aromatic heterocycles. The minimum Gasteiger partial charge on any atom is -0.488 e. The van der Waals surface area contributed by atoms with Gasteiger partial charge in [-0.05, 0) is 56.0 Å². The molecule has 0 radical (unpaired) electrons. The second-order valence-electron chi connectivity index (χ2n) is 8.26. The molecule has 1 fully saturated rings. The SMILES string of the molecule is CC1c2cc(N3CCOc4cc(C(=O)N5CCCCC5)cnc43)ccc2C(=O)N1C. The Labute approximate surface area is 176 Å². The summed E-state index contributed by atoms with van der Waals surface area (Å²) in [5, 5.41) is 0. The van der Waals surface area contributed by atoms with Crippen LogP contribution in [-0.2, 0) is 0 Å². The Hall–Kier alpha value is -3.09. The third-order valence-electron chi connectivity index (χ3n) is 6.48. The maximum Gasteiger partial charge on any atom is 0.255 e. The Morgan fingerprint density at radius 2 is 1.93 bits per heavy atom. The van der Waals surface area contributed by atoms with Gasteiger partial charge in [0.05, 0.1) is 18.2 Å². The number of aromatic nitrogens is 1. The summed E-state index contributed by atoms with van der Waals surface area (Å²) in [5.74, 6) is 1.43. The first-order chi connectivity index (χ1) is 14.5. The molecule has 156 valence electrons. The first-order valence-corrected chi connectivity index (χ1v) is 10.7. The van der Waals surface area contributed by atoms with Crippen LogP contribution in [0.1, 0.15) is 58.5 Å². The normalized spacial score (nSPS) is 20.7. The van der Waals surface area contributed by atoms with E-state index in [-0.39, 0.29) is 17.9 Å². The number of rotatable bonds is 2. The Morgan fingerprint density at radius 1 is 1.13 bits per heavy atom. The van der Waals surface area contributed by atoms with Crippen LogP contribution in [0.2, 0.25) is 0 Å². The predicted molar refractivity (Wildman–Crippen MR) is 113 cm³/mol. The van der Waals surface area contributed by atoms with Crippen molar-refractivity contribution in [3.63, 3.8) is 0 Å². The van der Waals surface area contributed by atoms with Crippen LogP contribution in [0.4, 0.5) is 11.5 Å². The molecule has 3 aliphatic rings. The molecule has 0 spiro atoms. The quantitative estimate of drug-likeness (QED) is 0.765. The van der Waals surface area contributed by atoms with Gasteiger partial charge in [0, 0.05) is 37.6 Å². The molecule has 0 aliphatic carbocycles. The van der Waals surface area contributed by atoms with Gasteiger partial charge in [-0.3, -0.25) is 9.59 Å². The summed E-state index contributed by atoms with van der Waals surface area (Å²) in [5.41, 5.74) is 3.35. The number of carbonyl (C=O) groups is 2. The van der Waals surface area contributed by atoms with Crippen molar-refractivity contribution in [2.45, 2.75) is 32.2 Å². The van der Waals surface area contributed by atoms with E-state index in [4.69, 9.17) is 4.74 Å². The Kier molecular flexibility index (Phi) is 4.60. The van der Waals surface area contributed by atoms with E-state index >= 15 is 0 Å². The first kappa shape index (κ1) is 18.9. The number of pyridine rings is 1. The van der Waals surface area contributed by atoms with Crippen LogP contribution in [0.5, 0.6) is 5.75 Å². The number of likely N-dealkylation sites (tertiary alicyclic amines) is 1. The molecule has 30 heavy (non-hydrogen) atoms. The minimum absolute atomic E-state index is 0.0265. The maximum absolute atomic E-state index is 12.8. The van der Waals surface area contributed by atoms with Crippen LogP contribution in [0.15, 0.2) is 30.5 Å². The highest BCUT2D eigenvalue weighted by Crippen LogP contribution is 2.39. The fourth-order valence-electron chi connectivity index (χ4n) is 4.58. The van der Waals surface area contributed by atoms with E-state index in [2.05, 4.69) is 16.0 Å². The first-order valence-electron chi connectivity index (χ1n) is 10.7. The number of hydrogen-bond acceptors (Lipinski definition) is 5. The maximum atomic E-state index is 12.8. The molecular weight excluding hydrogens is 380 g/mol. The van der Waals surface area contributed by atoms with Crippen molar-refractivity contribution in [3.8, 4) is 5.75 Å². The molecule has 3 aliphatic heterocycles. The molecule has 1 saturated heterocycles. The lowest BCUT2D eigenvalue weighted by Gasteiger charge is -2.31. The number of hydrogen-bond donors (Lipinski definition) is 0. The van der Waals surface area contributed by atoms with Gasteiger partial charge in [0.15, 0.2) is 11.6 Å². The van der Waals surface area contributed by atoms with Crippen molar-refractivity contribution in [3.05, 3.63) is 47.2 Å². The minimum atomic E-state index is 0.0265. The highest BCUT2D eigenvalue weighted by atomic mass is 16.5. The zero-order chi connectivity index (χ0) is 20.8. The van der Waals surface area contributed by atoms with Crippen molar-refractivity contribution in [2.75, 3.05) is 38.2 Å². The van der Waals surface area contributed by atoms with Gasteiger partial charge in [-0.1, -0.05) is 0 Å². The van der Waals surface area contributed by atoms with Crippen molar-refractivity contribution < 1.29 is 14.3 Å².